The summed E-state index contributed by atoms with van der Waals surface area (Å²) in [5, 5.41) is 1.33. The van der Waals surface area contributed by atoms with Crippen LogP contribution in [0.1, 0.15) is 10.4 Å². The monoisotopic (exact) mass is 258 g/mol. The third kappa shape index (κ3) is 2.17. The lowest BCUT2D eigenvalue weighted by molar-refractivity contribution is 0.108. The van der Waals surface area contributed by atoms with Crippen molar-refractivity contribution in [2.24, 2.45) is 0 Å². The van der Waals surface area contributed by atoms with Crippen LogP contribution in [0.2, 0.25) is 5.15 Å². The van der Waals surface area contributed by atoms with E-state index in [1.807, 2.05) is 17.5 Å². The van der Waals surface area contributed by atoms with Crippen LogP contribution in [-0.4, -0.2) is 15.2 Å². The summed E-state index contributed by atoms with van der Waals surface area (Å²) in [5.41, 5.74) is 0.124. The summed E-state index contributed by atoms with van der Waals surface area (Å²) in [5.74, 6) is 0.497. The van der Waals surface area contributed by atoms with Gasteiger partial charge in [-0.1, -0.05) is 17.7 Å². The molecule has 0 aliphatic heterocycles. The van der Waals surface area contributed by atoms with Crippen molar-refractivity contribution in [3.63, 3.8) is 0 Å². The Kier molecular flexibility index (Phi) is 3.00. The molecule has 2 heterocycles. The third-order valence-electron chi connectivity index (χ3n) is 1.70. The van der Waals surface area contributed by atoms with Crippen LogP contribution < -0.4 is 0 Å². The summed E-state index contributed by atoms with van der Waals surface area (Å²) in [6, 6.07) is 3.76. The number of carbonyl (C=O) groups is 1. The maximum atomic E-state index is 10.9. The highest BCUT2D eigenvalue weighted by Crippen LogP contribution is 2.23. The van der Waals surface area contributed by atoms with E-state index in [0.717, 1.165) is 4.88 Å². The zero-order valence-electron chi connectivity index (χ0n) is 7.28. The van der Waals surface area contributed by atoms with Crippen LogP contribution in [-0.2, 0) is 0 Å². The second kappa shape index (κ2) is 4.26. The SMILES string of the molecule is O=C(Cl)c1cnc(-c2cccs2)nc1Cl. The number of rotatable bonds is 2. The summed E-state index contributed by atoms with van der Waals surface area (Å²) in [6.07, 6.45) is 1.33. The Bertz CT molecular complexity index is 499. The number of aromatic nitrogens is 2. The van der Waals surface area contributed by atoms with Gasteiger partial charge in [0.2, 0.25) is 0 Å². The lowest BCUT2D eigenvalue weighted by Gasteiger charge is -1.99. The molecule has 2 aromatic heterocycles. The molecule has 0 unspecified atom stereocenters. The van der Waals surface area contributed by atoms with E-state index in [1.54, 1.807) is 0 Å². The van der Waals surface area contributed by atoms with Crippen molar-refractivity contribution in [2.75, 3.05) is 0 Å². The number of thiophene rings is 1. The van der Waals surface area contributed by atoms with Gasteiger partial charge in [0.25, 0.3) is 5.24 Å². The number of carbonyl (C=O) groups excluding carboxylic acids is 1. The average Bonchev–Trinajstić information content (AvgIpc) is 2.69. The fourth-order valence-corrected chi connectivity index (χ4v) is 2.08. The minimum absolute atomic E-state index is 0.0772. The number of halogens is 2. The first kappa shape index (κ1) is 10.5. The summed E-state index contributed by atoms with van der Waals surface area (Å²) in [6.45, 7) is 0. The predicted octanol–water partition coefficient (Wildman–Crippen LogP) is 3.24. The van der Waals surface area contributed by atoms with Crippen LogP contribution >= 0.6 is 34.5 Å². The van der Waals surface area contributed by atoms with Gasteiger partial charge in [-0.05, 0) is 23.0 Å². The maximum absolute atomic E-state index is 10.9. The molecular formula is C9H4Cl2N2OS. The molecule has 2 rings (SSSR count). The molecule has 15 heavy (non-hydrogen) atoms. The summed E-state index contributed by atoms with van der Waals surface area (Å²) >= 11 is 12.6. The zero-order chi connectivity index (χ0) is 10.8. The Hall–Kier alpha value is -0.970. The van der Waals surface area contributed by atoms with Crippen molar-refractivity contribution in [3.05, 3.63) is 34.4 Å². The van der Waals surface area contributed by atoms with E-state index < -0.39 is 5.24 Å². The van der Waals surface area contributed by atoms with E-state index in [9.17, 15) is 4.79 Å². The van der Waals surface area contributed by atoms with Gasteiger partial charge in [-0.15, -0.1) is 11.3 Å². The Morgan fingerprint density at radius 2 is 2.27 bits per heavy atom. The van der Waals surface area contributed by atoms with Crippen molar-refractivity contribution >= 4 is 39.8 Å². The normalized spacial score (nSPS) is 10.3. The Balaban J connectivity index is 2.47. The molecule has 76 valence electrons. The van der Waals surface area contributed by atoms with E-state index in [-0.39, 0.29) is 10.7 Å². The standard InChI is InChI=1S/C9H4Cl2N2OS/c10-7-5(8(11)14)4-12-9(13-7)6-2-1-3-15-6/h1-4H. The van der Waals surface area contributed by atoms with Crippen molar-refractivity contribution in [3.8, 4) is 10.7 Å². The minimum atomic E-state index is -0.655. The molecule has 0 saturated heterocycles. The summed E-state index contributed by atoms with van der Waals surface area (Å²) < 4.78 is 0. The van der Waals surface area contributed by atoms with Crippen LogP contribution in [0.3, 0.4) is 0 Å². The molecule has 0 fully saturated rings. The highest BCUT2D eigenvalue weighted by Gasteiger charge is 2.11. The predicted molar refractivity (Wildman–Crippen MR) is 60.5 cm³/mol. The number of hydrogen-bond donors (Lipinski definition) is 0. The van der Waals surface area contributed by atoms with E-state index in [2.05, 4.69) is 9.97 Å². The Morgan fingerprint density at radius 1 is 1.47 bits per heavy atom. The molecule has 0 radical (unpaired) electrons. The van der Waals surface area contributed by atoms with Gasteiger partial charge in [-0.3, -0.25) is 4.79 Å². The summed E-state index contributed by atoms with van der Waals surface area (Å²) in [7, 11) is 0. The van der Waals surface area contributed by atoms with Gasteiger partial charge >= 0.3 is 0 Å². The molecule has 0 amide bonds. The molecule has 2 aromatic rings. The maximum Gasteiger partial charge on any atom is 0.257 e. The van der Waals surface area contributed by atoms with E-state index in [0.29, 0.717) is 5.82 Å². The molecule has 0 spiro atoms. The van der Waals surface area contributed by atoms with Crippen LogP contribution in [0, 0.1) is 0 Å². The van der Waals surface area contributed by atoms with E-state index in [1.165, 1.54) is 17.5 Å². The number of nitrogens with zero attached hydrogens (tertiary/aromatic N) is 2. The van der Waals surface area contributed by atoms with Gasteiger partial charge in [-0.2, -0.15) is 0 Å². The lowest BCUT2D eigenvalue weighted by Crippen LogP contribution is -1.96. The second-order valence-electron chi connectivity index (χ2n) is 2.65. The highest BCUT2D eigenvalue weighted by atomic mass is 35.5. The molecule has 0 aromatic carbocycles. The molecular weight excluding hydrogens is 255 g/mol. The quantitative estimate of drug-likeness (QED) is 0.614. The highest BCUT2D eigenvalue weighted by molar-refractivity contribution is 7.13. The Morgan fingerprint density at radius 3 is 2.80 bits per heavy atom. The summed E-state index contributed by atoms with van der Waals surface area (Å²) in [4.78, 5) is 19.8. The minimum Gasteiger partial charge on any atom is -0.275 e. The third-order valence-corrected chi connectivity index (χ3v) is 3.05. The molecule has 0 aliphatic carbocycles. The first-order valence-electron chi connectivity index (χ1n) is 3.94. The van der Waals surface area contributed by atoms with Gasteiger partial charge in [0.15, 0.2) is 5.82 Å². The fourth-order valence-electron chi connectivity index (χ4n) is 1.02. The van der Waals surface area contributed by atoms with Gasteiger partial charge in [0.1, 0.15) is 5.15 Å². The van der Waals surface area contributed by atoms with Crippen molar-refractivity contribution in [1.82, 2.24) is 9.97 Å². The first-order chi connectivity index (χ1) is 7.18. The fraction of sp³-hybridized carbons (Fsp3) is 0. The van der Waals surface area contributed by atoms with E-state index in [4.69, 9.17) is 23.2 Å². The molecule has 0 saturated carbocycles. The topological polar surface area (TPSA) is 42.9 Å². The van der Waals surface area contributed by atoms with Crippen molar-refractivity contribution in [2.45, 2.75) is 0 Å². The van der Waals surface area contributed by atoms with E-state index >= 15 is 0 Å². The van der Waals surface area contributed by atoms with Crippen LogP contribution in [0.5, 0.6) is 0 Å². The second-order valence-corrected chi connectivity index (χ2v) is 4.30. The van der Waals surface area contributed by atoms with Crippen molar-refractivity contribution in [1.29, 1.82) is 0 Å². The Labute approximate surface area is 99.7 Å². The first-order valence-corrected chi connectivity index (χ1v) is 5.58. The van der Waals surface area contributed by atoms with Gasteiger partial charge in [0.05, 0.1) is 10.4 Å². The molecule has 3 nitrogen and oxygen atoms in total. The van der Waals surface area contributed by atoms with Crippen LogP contribution in [0.25, 0.3) is 10.7 Å². The van der Waals surface area contributed by atoms with Crippen LogP contribution in [0.4, 0.5) is 0 Å². The zero-order valence-corrected chi connectivity index (χ0v) is 9.60. The lowest BCUT2D eigenvalue weighted by atomic mass is 10.3. The van der Waals surface area contributed by atoms with Crippen LogP contribution in [0.15, 0.2) is 23.7 Å². The largest absolute Gasteiger partial charge is 0.275 e. The molecule has 6 heteroatoms. The molecule has 0 aliphatic rings. The smallest absolute Gasteiger partial charge is 0.257 e. The van der Waals surface area contributed by atoms with Gasteiger partial charge < -0.3 is 0 Å². The average molecular weight is 259 g/mol. The molecule has 0 atom stereocenters. The molecule has 0 bridgehead atoms. The van der Waals surface area contributed by atoms with Gasteiger partial charge in [0, 0.05) is 6.20 Å². The number of hydrogen-bond acceptors (Lipinski definition) is 4. The van der Waals surface area contributed by atoms with Gasteiger partial charge in [-0.25, -0.2) is 9.97 Å². The molecule has 0 N–H and O–H groups in total. The van der Waals surface area contributed by atoms with Crippen molar-refractivity contribution < 1.29 is 4.79 Å².